The van der Waals surface area contributed by atoms with Gasteiger partial charge in [-0.25, -0.2) is 27.9 Å². The quantitative estimate of drug-likeness (QED) is 0.569. The number of nitrogens with one attached hydrogen (secondary N) is 2. The number of carboxylic acids is 1. The molecule has 0 aliphatic rings. The fourth-order valence-corrected chi connectivity index (χ4v) is 1.51. The Hall–Kier alpha value is -1.74. The van der Waals surface area contributed by atoms with Crippen molar-refractivity contribution in [3.63, 3.8) is 0 Å². The lowest BCUT2D eigenvalue weighted by Crippen LogP contribution is -2.28. The van der Waals surface area contributed by atoms with E-state index in [1.54, 1.807) is 0 Å². The third-order valence-electron chi connectivity index (χ3n) is 1.68. The van der Waals surface area contributed by atoms with Crippen molar-refractivity contribution in [3.05, 3.63) is 18.1 Å². The Labute approximate surface area is 98.1 Å². The van der Waals surface area contributed by atoms with Crippen LogP contribution in [0.2, 0.25) is 0 Å². The molecule has 0 spiro atoms. The van der Waals surface area contributed by atoms with Crippen LogP contribution in [0.4, 0.5) is 5.82 Å². The summed E-state index contributed by atoms with van der Waals surface area (Å²) >= 11 is 0. The van der Waals surface area contributed by atoms with Crippen molar-refractivity contribution in [1.29, 1.82) is 0 Å². The SMILES string of the molecule is CS(=O)(=O)NCCNc1nccnc1C(=O)O. The van der Waals surface area contributed by atoms with Gasteiger partial charge in [-0.05, 0) is 0 Å². The lowest BCUT2D eigenvalue weighted by molar-refractivity contribution is 0.0691. The highest BCUT2D eigenvalue weighted by Crippen LogP contribution is 2.06. The second kappa shape index (κ2) is 5.55. The molecule has 0 bridgehead atoms. The molecule has 0 aliphatic heterocycles. The second-order valence-electron chi connectivity index (χ2n) is 3.15. The molecular weight excluding hydrogens is 248 g/mol. The third-order valence-corrected chi connectivity index (χ3v) is 2.41. The van der Waals surface area contributed by atoms with Crippen molar-refractivity contribution in [2.45, 2.75) is 0 Å². The molecule has 0 saturated carbocycles. The normalized spacial score (nSPS) is 11.1. The van der Waals surface area contributed by atoms with Crippen molar-refractivity contribution in [2.75, 3.05) is 24.7 Å². The summed E-state index contributed by atoms with van der Waals surface area (Å²) in [5.41, 5.74) is -0.202. The molecule has 3 N–H and O–H groups in total. The van der Waals surface area contributed by atoms with Gasteiger partial charge in [-0.15, -0.1) is 0 Å². The number of aromatic carboxylic acids is 1. The predicted octanol–water partition coefficient (Wildman–Crippen LogP) is -0.864. The zero-order chi connectivity index (χ0) is 12.9. The summed E-state index contributed by atoms with van der Waals surface area (Å²) in [5, 5.41) is 11.5. The first kappa shape index (κ1) is 13.3. The van der Waals surface area contributed by atoms with Gasteiger partial charge in [-0.3, -0.25) is 0 Å². The molecule has 0 fully saturated rings. The van der Waals surface area contributed by atoms with Crippen LogP contribution in [0.1, 0.15) is 10.5 Å². The number of carbonyl (C=O) groups is 1. The Morgan fingerprint density at radius 3 is 2.59 bits per heavy atom. The molecular formula is C8H12N4O4S. The van der Waals surface area contributed by atoms with Crippen LogP contribution >= 0.6 is 0 Å². The van der Waals surface area contributed by atoms with Gasteiger partial charge < -0.3 is 10.4 Å². The minimum Gasteiger partial charge on any atom is -0.476 e. The van der Waals surface area contributed by atoms with Crippen molar-refractivity contribution in [3.8, 4) is 0 Å². The Morgan fingerprint density at radius 2 is 2.00 bits per heavy atom. The van der Waals surface area contributed by atoms with Gasteiger partial charge in [0.2, 0.25) is 10.0 Å². The van der Waals surface area contributed by atoms with Crippen molar-refractivity contribution in [2.24, 2.45) is 0 Å². The van der Waals surface area contributed by atoms with E-state index in [-0.39, 0.29) is 24.6 Å². The average Bonchev–Trinajstić information content (AvgIpc) is 2.23. The van der Waals surface area contributed by atoms with E-state index >= 15 is 0 Å². The minimum absolute atomic E-state index is 0.107. The lowest BCUT2D eigenvalue weighted by Gasteiger charge is -2.07. The number of hydrogen-bond donors (Lipinski definition) is 3. The molecule has 0 saturated heterocycles. The molecule has 0 unspecified atom stereocenters. The Morgan fingerprint density at radius 1 is 1.35 bits per heavy atom. The van der Waals surface area contributed by atoms with Crippen molar-refractivity contribution < 1.29 is 18.3 Å². The molecule has 9 heteroatoms. The van der Waals surface area contributed by atoms with Crippen LogP contribution in [0.25, 0.3) is 0 Å². The van der Waals surface area contributed by atoms with E-state index in [2.05, 4.69) is 20.0 Å². The van der Waals surface area contributed by atoms with E-state index in [1.807, 2.05) is 0 Å². The molecule has 0 aliphatic carbocycles. The Kier molecular flexibility index (Phi) is 4.35. The van der Waals surface area contributed by atoms with E-state index < -0.39 is 16.0 Å². The average molecular weight is 260 g/mol. The molecule has 8 nitrogen and oxygen atoms in total. The fraction of sp³-hybridized carbons (Fsp3) is 0.375. The zero-order valence-corrected chi connectivity index (χ0v) is 9.86. The first-order valence-corrected chi connectivity index (χ1v) is 6.52. The lowest BCUT2D eigenvalue weighted by atomic mass is 10.4. The highest BCUT2D eigenvalue weighted by Gasteiger charge is 2.11. The highest BCUT2D eigenvalue weighted by atomic mass is 32.2. The van der Waals surface area contributed by atoms with Crippen LogP contribution in [-0.4, -0.2) is 48.8 Å². The monoisotopic (exact) mass is 260 g/mol. The summed E-state index contributed by atoms with van der Waals surface area (Å²) in [6, 6.07) is 0. The largest absolute Gasteiger partial charge is 0.476 e. The second-order valence-corrected chi connectivity index (χ2v) is 4.98. The molecule has 1 aromatic rings. The van der Waals surface area contributed by atoms with Gasteiger partial charge in [0.15, 0.2) is 11.5 Å². The van der Waals surface area contributed by atoms with Crippen molar-refractivity contribution in [1.82, 2.24) is 14.7 Å². The van der Waals surface area contributed by atoms with Gasteiger partial charge >= 0.3 is 5.97 Å². The maximum atomic E-state index is 10.8. The number of sulfonamides is 1. The smallest absolute Gasteiger partial charge is 0.358 e. The molecule has 1 heterocycles. The summed E-state index contributed by atoms with van der Waals surface area (Å²) in [4.78, 5) is 18.2. The standard InChI is InChI=1S/C8H12N4O4S/c1-17(15,16)12-5-4-11-7-6(8(13)14)9-2-3-10-7/h2-3,12H,4-5H2,1H3,(H,10,11)(H,13,14). The third kappa shape index (κ3) is 4.74. The predicted molar refractivity (Wildman–Crippen MR) is 60.3 cm³/mol. The van der Waals surface area contributed by atoms with Crippen LogP contribution in [-0.2, 0) is 10.0 Å². The molecule has 1 rings (SSSR count). The number of carboxylic acid groups (broad SMARTS) is 1. The van der Waals surface area contributed by atoms with Crippen LogP contribution in [0.5, 0.6) is 0 Å². The molecule has 1 aromatic heterocycles. The number of anilines is 1. The number of rotatable bonds is 6. The van der Waals surface area contributed by atoms with Gasteiger partial charge in [0.05, 0.1) is 6.26 Å². The van der Waals surface area contributed by atoms with E-state index in [0.29, 0.717) is 0 Å². The first-order valence-electron chi connectivity index (χ1n) is 4.63. The topological polar surface area (TPSA) is 121 Å². The first-order chi connectivity index (χ1) is 7.90. The zero-order valence-electron chi connectivity index (χ0n) is 9.04. The van der Waals surface area contributed by atoms with E-state index in [1.165, 1.54) is 12.4 Å². The van der Waals surface area contributed by atoms with E-state index in [4.69, 9.17) is 5.11 Å². The van der Waals surface area contributed by atoms with Gasteiger partial charge in [0.1, 0.15) is 0 Å². The summed E-state index contributed by atoms with van der Waals surface area (Å²) in [6.45, 7) is 0.348. The van der Waals surface area contributed by atoms with Gasteiger partial charge in [0, 0.05) is 25.5 Å². The molecule has 94 valence electrons. The van der Waals surface area contributed by atoms with Crippen LogP contribution in [0.15, 0.2) is 12.4 Å². The molecule has 17 heavy (non-hydrogen) atoms. The van der Waals surface area contributed by atoms with E-state index in [9.17, 15) is 13.2 Å². The van der Waals surface area contributed by atoms with Crippen LogP contribution in [0.3, 0.4) is 0 Å². The van der Waals surface area contributed by atoms with E-state index in [0.717, 1.165) is 6.26 Å². The highest BCUT2D eigenvalue weighted by molar-refractivity contribution is 7.88. The Balaban J connectivity index is 2.55. The van der Waals surface area contributed by atoms with Crippen molar-refractivity contribution >= 4 is 21.8 Å². The summed E-state index contributed by atoms with van der Waals surface area (Å²) in [6.07, 6.45) is 3.65. The maximum Gasteiger partial charge on any atom is 0.358 e. The van der Waals surface area contributed by atoms with Crippen LogP contribution < -0.4 is 10.0 Å². The van der Waals surface area contributed by atoms with Gasteiger partial charge in [0.25, 0.3) is 0 Å². The van der Waals surface area contributed by atoms with Gasteiger partial charge in [-0.2, -0.15) is 0 Å². The Bertz CT molecular complexity index is 502. The maximum absolute atomic E-state index is 10.8. The summed E-state index contributed by atoms with van der Waals surface area (Å²) in [5.74, 6) is -1.09. The number of aromatic nitrogens is 2. The number of hydrogen-bond acceptors (Lipinski definition) is 6. The van der Waals surface area contributed by atoms with Gasteiger partial charge in [-0.1, -0.05) is 0 Å². The minimum atomic E-state index is -3.25. The molecule has 0 radical (unpaired) electrons. The van der Waals surface area contributed by atoms with Crippen LogP contribution in [0, 0.1) is 0 Å². The molecule has 0 atom stereocenters. The number of nitrogens with zero attached hydrogens (tertiary/aromatic N) is 2. The molecule has 0 amide bonds. The summed E-state index contributed by atoms with van der Waals surface area (Å²) < 4.78 is 23.8. The fourth-order valence-electron chi connectivity index (χ4n) is 1.04. The molecule has 0 aromatic carbocycles. The summed E-state index contributed by atoms with van der Waals surface area (Å²) in [7, 11) is -3.25.